The smallest absolute Gasteiger partial charge is 0.0572 e. The molecule has 0 bridgehead atoms. The fourth-order valence-electron chi connectivity index (χ4n) is 2.61. The molecule has 0 aromatic carbocycles. The molecule has 2 N–H and O–H groups in total. The number of hydrogen-bond donors (Lipinski definition) is 1. The summed E-state index contributed by atoms with van der Waals surface area (Å²) in [6, 6.07) is 4.32. The van der Waals surface area contributed by atoms with Crippen molar-refractivity contribution in [2.45, 2.75) is 45.6 Å². The summed E-state index contributed by atoms with van der Waals surface area (Å²) < 4.78 is 0. The van der Waals surface area contributed by atoms with E-state index < -0.39 is 0 Å². The fraction of sp³-hybridized carbons (Fsp3) is 0.667. The van der Waals surface area contributed by atoms with Gasteiger partial charge in [-0.1, -0.05) is 20.3 Å². The summed E-state index contributed by atoms with van der Waals surface area (Å²) in [5, 5.41) is 0. The lowest BCUT2D eigenvalue weighted by molar-refractivity contribution is 0.395. The predicted octanol–water partition coefficient (Wildman–Crippen LogP) is 3.12. The van der Waals surface area contributed by atoms with E-state index in [9.17, 15) is 0 Å². The van der Waals surface area contributed by atoms with E-state index in [1.54, 1.807) is 0 Å². The standard InChI is InChI=1S/C15H25N3/c1-3-12-7-9-18(10-8-12)13-5-6-15(17-11-13)14(16)4-2/h5-6,11-12,14H,3-4,7-10,16H2,1-2H3/t14-/m0/s1. The minimum Gasteiger partial charge on any atom is -0.370 e. The zero-order valence-corrected chi connectivity index (χ0v) is 11.6. The monoisotopic (exact) mass is 247 g/mol. The Bertz CT molecular complexity index is 353. The molecule has 18 heavy (non-hydrogen) atoms. The van der Waals surface area contributed by atoms with Gasteiger partial charge in [0.1, 0.15) is 0 Å². The van der Waals surface area contributed by atoms with Crippen LogP contribution in [0.25, 0.3) is 0 Å². The van der Waals surface area contributed by atoms with E-state index in [1.165, 1.54) is 38.0 Å². The normalized spacial score (nSPS) is 18.9. The predicted molar refractivity (Wildman–Crippen MR) is 76.7 cm³/mol. The third-order valence-electron chi connectivity index (χ3n) is 4.15. The van der Waals surface area contributed by atoms with Gasteiger partial charge in [0.25, 0.3) is 0 Å². The van der Waals surface area contributed by atoms with Crippen molar-refractivity contribution in [1.82, 2.24) is 4.98 Å². The Morgan fingerprint density at radius 3 is 2.56 bits per heavy atom. The van der Waals surface area contributed by atoms with Crippen molar-refractivity contribution >= 4 is 5.69 Å². The maximum atomic E-state index is 5.98. The van der Waals surface area contributed by atoms with E-state index in [0.29, 0.717) is 0 Å². The molecule has 0 spiro atoms. The first-order valence-electron chi connectivity index (χ1n) is 7.21. The number of pyridine rings is 1. The number of nitrogens with two attached hydrogens (primary N) is 1. The highest BCUT2D eigenvalue weighted by Crippen LogP contribution is 2.25. The van der Waals surface area contributed by atoms with Crippen LogP contribution in [0.15, 0.2) is 18.3 Å². The quantitative estimate of drug-likeness (QED) is 0.889. The van der Waals surface area contributed by atoms with Crippen LogP contribution in [0.1, 0.15) is 51.3 Å². The minimum absolute atomic E-state index is 0.0740. The Labute approximate surface area is 110 Å². The summed E-state index contributed by atoms with van der Waals surface area (Å²) >= 11 is 0. The van der Waals surface area contributed by atoms with Crippen LogP contribution in [0.5, 0.6) is 0 Å². The Morgan fingerprint density at radius 2 is 2.06 bits per heavy atom. The Hall–Kier alpha value is -1.09. The molecule has 1 atom stereocenters. The molecule has 0 unspecified atom stereocenters. The van der Waals surface area contributed by atoms with E-state index in [2.05, 4.69) is 35.9 Å². The van der Waals surface area contributed by atoms with Gasteiger partial charge >= 0.3 is 0 Å². The zero-order valence-electron chi connectivity index (χ0n) is 11.6. The van der Waals surface area contributed by atoms with Crippen molar-refractivity contribution in [2.24, 2.45) is 11.7 Å². The van der Waals surface area contributed by atoms with Gasteiger partial charge in [-0.3, -0.25) is 4.98 Å². The van der Waals surface area contributed by atoms with Crippen molar-refractivity contribution in [3.05, 3.63) is 24.0 Å². The van der Waals surface area contributed by atoms with Crippen molar-refractivity contribution in [3.63, 3.8) is 0 Å². The highest BCUT2D eigenvalue weighted by molar-refractivity contribution is 5.45. The van der Waals surface area contributed by atoms with Gasteiger partial charge in [-0.15, -0.1) is 0 Å². The van der Waals surface area contributed by atoms with Crippen molar-refractivity contribution in [1.29, 1.82) is 0 Å². The van der Waals surface area contributed by atoms with E-state index in [4.69, 9.17) is 5.73 Å². The molecule has 1 aromatic rings. The lowest BCUT2D eigenvalue weighted by atomic mass is 9.94. The van der Waals surface area contributed by atoms with Crippen LogP contribution < -0.4 is 10.6 Å². The molecule has 0 aliphatic carbocycles. The lowest BCUT2D eigenvalue weighted by Crippen LogP contribution is -2.33. The van der Waals surface area contributed by atoms with Gasteiger partial charge in [0, 0.05) is 19.1 Å². The first-order valence-corrected chi connectivity index (χ1v) is 7.21. The molecule has 1 aliphatic heterocycles. The third kappa shape index (κ3) is 3.02. The van der Waals surface area contributed by atoms with Gasteiger partial charge in [-0.05, 0) is 37.3 Å². The summed E-state index contributed by atoms with van der Waals surface area (Å²) in [5.41, 5.74) is 8.23. The molecule has 100 valence electrons. The summed E-state index contributed by atoms with van der Waals surface area (Å²) in [6.07, 6.45) is 6.86. The van der Waals surface area contributed by atoms with Crippen LogP contribution in [0.4, 0.5) is 5.69 Å². The number of anilines is 1. The first-order chi connectivity index (χ1) is 8.74. The molecule has 1 saturated heterocycles. The molecule has 0 saturated carbocycles. The van der Waals surface area contributed by atoms with Crippen LogP contribution in [0.3, 0.4) is 0 Å². The summed E-state index contributed by atoms with van der Waals surface area (Å²) in [5.74, 6) is 0.919. The van der Waals surface area contributed by atoms with Gasteiger partial charge in [0.15, 0.2) is 0 Å². The Balaban J connectivity index is 1.98. The number of aromatic nitrogens is 1. The molecule has 3 heteroatoms. The summed E-state index contributed by atoms with van der Waals surface area (Å²) in [6.45, 7) is 6.72. The van der Waals surface area contributed by atoms with E-state index >= 15 is 0 Å². The van der Waals surface area contributed by atoms with E-state index in [-0.39, 0.29) is 6.04 Å². The SMILES string of the molecule is CCC1CCN(c2ccc([C@@H](N)CC)nc2)CC1. The van der Waals surface area contributed by atoms with Crippen LogP contribution in [-0.4, -0.2) is 18.1 Å². The number of nitrogens with zero attached hydrogens (tertiary/aromatic N) is 2. The van der Waals surface area contributed by atoms with Gasteiger partial charge < -0.3 is 10.6 Å². The molecule has 1 aromatic heterocycles. The molecule has 2 heterocycles. The maximum Gasteiger partial charge on any atom is 0.0572 e. The topological polar surface area (TPSA) is 42.1 Å². The largest absolute Gasteiger partial charge is 0.370 e. The number of hydrogen-bond acceptors (Lipinski definition) is 3. The van der Waals surface area contributed by atoms with Crippen molar-refractivity contribution < 1.29 is 0 Å². The first kappa shape index (κ1) is 13.3. The minimum atomic E-state index is 0.0740. The second-order valence-corrected chi connectivity index (χ2v) is 5.29. The van der Waals surface area contributed by atoms with Crippen LogP contribution in [0.2, 0.25) is 0 Å². The summed E-state index contributed by atoms with van der Waals surface area (Å²) in [7, 11) is 0. The molecular weight excluding hydrogens is 222 g/mol. The van der Waals surface area contributed by atoms with Crippen LogP contribution in [0, 0.1) is 5.92 Å². The molecule has 0 radical (unpaired) electrons. The van der Waals surface area contributed by atoms with Gasteiger partial charge in [-0.25, -0.2) is 0 Å². The number of piperidine rings is 1. The molecule has 2 rings (SSSR count). The van der Waals surface area contributed by atoms with Crippen molar-refractivity contribution in [3.8, 4) is 0 Å². The highest BCUT2D eigenvalue weighted by Gasteiger charge is 2.18. The molecule has 1 aliphatic rings. The second-order valence-electron chi connectivity index (χ2n) is 5.29. The maximum absolute atomic E-state index is 5.98. The summed E-state index contributed by atoms with van der Waals surface area (Å²) in [4.78, 5) is 6.94. The van der Waals surface area contributed by atoms with Gasteiger partial charge in [0.05, 0.1) is 17.6 Å². The molecule has 3 nitrogen and oxygen atoms in total. The Kier molecular flexibility index (Phi) is 4.59. The van der Waals surface area contributed by atoms with Gasteiger partial charge in [0.2, 0.25) is 0 Å². The average molecular weight is 247 g/mol. The van der Waals surface area contributed by atoms with Crippen molar-refractivity contribution in [2.75, 3.05) is 18.0 Å². The lowest BCUT2D eigenvalue weighted by Gasteiger charge is -2.33. The Morgan fingerprint density at radius 1 is 1.33 bits per heavy atom. The molecular formula is C15H25N3. The van der Waals surface area contributed by atoms with Crippen LogP contribution in [-0.2, 0) is 0 Å². The zero-order chi connectivity index (χ0) is 13.0. The van der Waals surface area contributed by atoms with Gasteiger partial charge in [-0.2, -0.15) is 0 Å². The highest BCUT2D eigenvalue weighted by atomic mass is 15.1. The molecule has 0 amide bonds. The second kappa shape index (κ2) is 6.19. The number of rotatable bonds is 4. The van der Waals surface area contributed by atoms with Crippen LogP contribution >= 0.6 is 0 Å². The average Bonchev–Trinajstić information content (AvgIpc) is 2.47. The van der Waals surface area contributed by atoms with E-state index in [1.807, 2.05) is 6.20 Å². The fourth-order valence-corrected chi connectivity index (χ4v) is 2.61. The molecule has 1 fully saturated rings. The van der Waals surface area contributed by atoms with E-state index in [0.717, 1.165) is 18.0 Å². The third-order valence-corrected chi connectivity index (χ3v) is 4.15.